The molecule has 1 aromatic rings. The van der Waals surface area contributed by atoms with Crippen molar-refractivity contribution in [2.45, 2.75) is 24.6 Å². The summed E-state index contributed by atoms with van der Waals surface area (Å²) in [5.41, 5.74) is 1.83. The number of amides is 1. The highest BCUT2D eigenvalue weighted by Crippen LogP contribution is 2.27. The van der Waals surface area contributed by atoms with Gasteiger partial charge in [-0.05, 0) is 41.9 Å². The molecule has 1 aromatic carbocycles. The number of benzene rings is 1. The van der Waals surface area contributed by atoms with E-state index in [1.807, 2.05) is 31.3 Å². The van der Waals surface area contributed by atoms with E-state index in [1.165, 1.54) is 0 Å². The number of carbonyl (C=O) groups is 2. The van der Waals surface area contributed by atoms with Gasteiger partial charge in [-0.2, -0.15) is 0 Å². The van der Waals surface area contributed by atoms with Gasteiger partial charge in [0.25, 0.3) is 0 Å². The standard InChI is InChI=1S/C16H19NO3S/c1-17(16(20)14-6-3-9-21-14)11-13-5-2-4-12(10-13)7-8-15(18)19/h2,4-5,7-8,10,14H,3,6,9,11H2,1H3,(H,18,19). The zero-order valence-corrected chi connectivity index (χ0v) is 12.8. The van der Waals surface area contributed by atoms with Crippen molar-refractivity contribution in [3.8, 4) is 0 Å². The molecule has 0 spiro atoms. The van der Waals surface area contributed by atoms with Gasteiger partial charge < -0.3 is 10.0 Å². The number of hydrogen-bond donors (Lipinski definition) is 1. The first-order valence-corrected chi connectivity index (χ1v) is 7.97. The van der Waals surface area contributed by atoms with Crippen LogP contribution in [0.4, 0.5) is 0 Å². The summed E-state index contributed by atoms with van der Waals surface area (Å²) in [5.74, 6) is 0.287. The molecule has 1 unspecified atom stereocenters. The second-order valence-corrected chi connectivity index (χ2v) is 6.42. The van der Waals surface area contributed by atoms with Crippen LogP contribution in [-0.2, 0) is 16.1 Å². The van der Waals surface area contributed by atoms with Gasteiger partial charge in [-0.1, -0.05) is 18.2 Å². The Morgan fingerprint density at radius 3 is 2.95 bits per heavy atom. The van der Waals surface area contributed by atoms with E-state index in [9.17, 15) is 9.59 Å². The Morgan fingerprint density at radius 2 is 2.29 bits per heavy atom. The maximum Gasteiger partial charge on any atom is 0.328 e. The van der Waals surface area contributed by atoms with Crippen molar-refractivity contribution in [3.63, 3.8) is 0 Å². The average Bonchev–Trinajstić information content (AvgIpc) is 2.98. The molecule has 1 N–H and O–H groups in total. The molecule has 0 saturated carbocycles. The second-order valence-electron chi connectivity index (χ2n) is 5.11. The van der Waals surface area contributed by atoms with Crippen molar-refractivity contribution in [2.24, 2.45) is 0 Å². The fourth-order valence-corrected chi connectivity index (χ4v) is 3.61. The largest absolute Gasteiger partial charge is 0.478 e. The van der Waals surface area contributed by atoms with Crippen LogP contribution in [-0.4, -0.2) is 39.9 Å². The zero-order chi connectivity index (χ0) is 15.2. The number of aliphatic carboxylic acids is 1. The van der Waals surface area contributed by atoms with E-state index in [4.69, 9.17) is 5.11 Å². The van der Waals surface area contributed by atoms with Crippen molar-refractivity contribution in [3.05, 3.63) is 41.5 Å². The maximum atomic E-state index is 12.3. The van der Waals surface area contributed by atoms with Gasteiger partial charge in [0.05, 0.1) is 5.25 Å². The molecule has 0 aromatic heterocycles. The lowest BCUT2D eigenvalue weighted by Crippen LogP contribution is -2.33. The van der Waals surface area contributed by atoms with E-state index in [-0.39, 0.29) is 11.2 Å². The molecule has 0 radical (unpaired) electrons. The number of thioether (sulfide) groups is 1. The SMILES string of the molecule is CN(Cc1cccc(C=CC(=O)O)c1)C(=O)C1CCCS1. The van der Waals surface area contributed by atoms with Crippen LogP contribution in [0.1, 0.15) is 24.0 Å². The third-order valence-electron chi connectivity index (χ3n) is 3.37. The number of carboxylic acid groups (broad SMARTS) is 1. The Bertz CT molecular complexity index is 550. The zero-order valence-electron chi connectivity index (χ0n) is 12.0. The highest BCUT2D eigenvalue weighted by Gasteiger charge is 2.25. The van der Waals surface area contributed by atoms with Crippen LogP contribution in [0.2, 0.25) is 0 Å². The molecule has 5 heteroatoms. The van der Waals surface area contributed by atoms with E-state index in [0.29, 0.717) is 6.54 Å². The maximum absolute atomic E-state index is 12.3. The summed E-state index contributed by atoms with van der Waals surface area (Å²) in [4.78, 5) is 24.5. The summed E-state index contributed by atoms with van der Waals surface area (Å²) >= 11 is 1.74. The summed E-state index contributed by atoms with van der Waals surface area (Å²) in [5, 5.41) is 8.74. The van der Waals surface area contributed by atoms with Crippen molar-refractivity contribution in [1.82, 2.24) is 4.90 Å². The number of hydrogen-bond acceptors (Lipinski definition) is 3. The van der Waals surface area contributed by atoms with Gasteiger partial charge in [0, 0.05) is 19.7 Å². The third kappa shape index (κ3) is 4.63. The van der Waals surface area contributed by atoms with Crippen molar-refractivity contribution < 1.29 is 14.7 Å². The van der Waals surface area contributed by atoms with E-state index in [1.54, 1.807) is 22.7 Å². The van der Waals surface area contributed by atoms with Gasteiger partial charge >= 0.3 is 5.97 Å². The minimum Gasteiger partial charge on any atom is -0.478 e. The monoisotopic (exact) mass is 305 g/mol. The highest BCUT2D eigenvalue weighted by molar-refractivity contribution is 8.00. The molecule has 1 saturated heterocycles. The summed E-state index contributed by atoms with van der Waals surface area (Å²) in [6.45, 7) is 0.546. The molecular formula is C16H19NO3S. The minimum absolute atomic E-state index is 0.102. The van der Waals surface area contributed by atoms with E-state index < -0.39 is 5.97 Å². The van der Waals surface area contributed by atoms with Gasteiger partial charge in [-0.3, -0.25) is 4.79 Å². The van der Waals surface area contributed by atoms with Crippen LogP contribution in [0, 0.1) is 0 Å². The predicted molar refractivity (Wildman–Crippen MR) is 85.1 cm³/mol. The van der Waals surface area contributed by atoms with Crippen molar-refractivity contribution in [1.29, 1.82) is 0 Å². The lowest BCUT2D eigenvalue weighted by Gasteiger charge is -2.20. The smallest absolute Gasteiger partial charge is 0.328 e. The Hall–Kier alpha value is -1.75. The van der Waals surface area contributed by atoms with Gasteiger partial charge in [0.2, 0.25) is 5.91 Å². The molecule has 21 heavy (non-hydrogen) atoms. The molecule has 1 aliphatic heterocycles. The molecule has 4 nitrogen and oxygen atoms in total. The number of nitrogens with zero attached hydrogens (tertiary/aromatic N) is 1. The van der Waals surface area contributed by atoms with Crippen LogP contribution in [0.25, 0.3) is 6.08 Å². The van der Waals surface area contributed by atoms with Gasteiger partial charge in [0.1, 0.15) is 0 Å². The fourth-order valence-electron chi connectivity index (χ4n) is 2.33. The van der Waals surface area contributed by atoms with Crippen LogP contribution in [0.5, 0.6) is 0 Å². The van der Waals surface area contributed by atoms with E-state index >= 15 is 0 Å². The van der Waals surface area contributed by atoms with Crippen LogP contribution < -0.4 is 0 Å². The van der Waals surface area contributed by atoms with E-state index in [0.717, 1.165) is 35.8 Å². The molecule has 0 bridgehead atoms. The summed E-state index contributed by atoms with van der Waals surface area (Å²) in [6.07, 6.45) is 4.75. The first-order chi connectivity index (χ1) is 10.1. The Morgan fingerprint density at radius 1 is 1.48 bits per heavy atom. The van der Waals surface area contributed by atoms with Crippen molar-refractivity contribution in [2.75, 3.05) is 12.8 Å². The fraction of sp³-hybridized carbons (Fsp3) is 0.375. The van der Waals surface area contributed by atoms with Gasteiger partial charge in [-0.25, -0.2) is 4.79 Å². The molecular weight excluding hydrogens is 286 g/mol. The second kappa shape index (κ2) is 7.31. The molecule has 1 amide bonds. The normalized spacial score (nSPS) is 18.0. The Balaban J connectivity index is 2.00. The molecule has 1 aliphatic rings. The summed E-state index contributed by atoms with van der Waals surface area (Å²) in [6, 6.07) is 7.58. The molecule has 2 rings (SSSR count). The molecule has 112 valence electrons. The highest BCUT2D eigenvalue weighted by atomic mass is 32.2. The van der Waals surface area contributed by atoms with Crippen LogP contribution in [0.15, 0.2) is 30.3 Å². The lowest BCUT2D eigenvalue weighted by atomic mass is 10.1. The molecule has 1 heterocycles. The van der Waals surface area contributed by atoms with Gasteiger partial charge in [-0.15, -0.1) is 11.8 Å². The summed E-state index contributed by atoms with van der Waals surface area (Å²) < 4.78 is 0. The van der Waals surface area contributed by atoms with Crippen LogP contribution in [0.3, 0.4) is 0 Å². The first-order valence-electron chi connectivity index (χ1n) is 6.93. The molecule has 0 aliphatic carbocycles. The van der Waals surface area contributed by atoms with Crippen molar-refractivity contribution >= 4 is 29.7 Å². The predicted octanol–water partition coefficient (Wildman–Crippen LogP) is 2.64. The summed E-state index contributed by atoms with van der Waals surface area (Å²) in [7, 11) is 1.82. The molecule has 1 fully saturated rings. The molecule has 1 atom stereocenters. The number of carbonyl (C=O) groups excluding carboxylic acids is 1. The van der Waals surface area contributed by atoms with Crippen LogP contribution >= 0.6 is 11.8 Å². The number of carboxylic acids is 1. The van der Waals surface area contributed by atoms with E-state index in [2.05, 4.69) is 0 Å². The third-order valence-corrected chi connectivity index (χ3v) is 4.73. The quantitative estimate of drug-likeness (QED) is 0.850. The first kappa shape index (κ1) is 15.6. The average molecular weight is 305 g/mol. The lowest BCUT2D eigenvalue weighted by molar-refractivity contribution is -0.131. The Kier molecular flexibility index (Phi) is 5.44. The topological polar surface area (TPSA) is 57.6 Å². The van der Waals surface area contributed by atoms with Gasteiger partial charge in [0.15, 0.2) is 0 Å². The Labute approximate surface area is 128 Å². The minimum atomic E-state index is -0.967. The number of rotatable bonds is 5.